The second-order valence-corrected chi connectivity index (χ2v) is 4.70. The Morgan fingerprint density at radius 2 is 2.26 bits per heavy atom. The molecule has 7 nitrogen and oxygen atoms in total. The van der Waals surface area contributed by atoms with E-state index in [4.69, 9.17) is 0 Å². The summed E-state index contributed by atoms with van der Waals surface area (Å²) in [6.45, 7) is 10.1. The molecule has 0 bridgehead atoms. The van der Waals surface area contributed by atoms with Crippen molar-refractivity contribution < 1.29 is 10.0 Å². The molecule has 0 aliphatic rings. The predicted molar refractivity (Wildman–Crippen MR) is 72.0 cm³/mol. The van der Waals surface area contributed by atoms with Crippen LogP contribution in [-0.2, 0) is 6.54 Å². The highest BCUT2D eigenvalue weighted by molar-refractivity contribution is 5.39. The maximum Gasteiger partial charge on any atom is 0.312 e. The zero-order chi connectivity index (χ0) is 14.6. The van der Waals surface area contributed by atoms with Crippen molar-refractivity contribution >= 4 is 5.69 Å². The minimum atomic E-state index is -0.656. The van der Waals surface area contributed by atoms with E-state index in [0.29, 0.717) is 24.5 Å². The summed E-state index contributed by atoms with van der Waals surface area (Å²) in [6.07, 6.45) is -0.656. The summed E-state index contributed by atoms with van der Waals surface area (Å²) >= 11 is 0. The zero-order valence-electron chi connectivity index (χ0n) is 11.5. The number of aliphatic hydroxyl groups excluding tert-OH is 1. The predicted octanol–water partition coefficient (Wildman–Crippen LogP) is 0.935. The van der Waals surface area contributed by atoms with E-state index in [0.717, 1.165) is 5.57 Å². The van der Waals surface area contributed by atoms with Gasteiger partial charge in [-0.2, -0.15) is 5.10 Å². The minimum absolute atomic E-state index is 0.0158. The smallest absolute Gasteiger partial charge is 0.312 e. The molecule has 0 radical (unpaired) electrons. The van der Waals surface area contributed by atoms with E-state index in [9.17, 15) is 15.2 Å². The number of aromatic nitrogens is 2. The molecule has 19 heavy (non-hydrogen) atoms. The van der Waals surface area contributed by atoms with Gasteiger partial charge in [0.2, 0.25) is 0 Å². The molecule has 0 fully saturated rings. The lowest BCUT2D eigenvalue weighted by molar-refractivity contribution is -0.386. The van der Waals surface area contributed by atoms with Gasteiger partial charge in [0, 0.05) is 13.1 Å². The van der Waals surface area contributed by atoms with Crippen molar-refractivity contribution in [2.24, 2.45) is 0 Å². The van der Waals surface area contributed by atoms with Gasteiger partial charge in [0.1, 0.15) is 11.4 Å². The van der Waals surface area contributed by atoms with E-state index in [2.05, 4.69) is 17.0 Å². The molecule has 1 aromatic heterocycles. The van der Waals surface area contributed by atoms with E-state index < -0.39 is 11.0 Å². The maximum atomic E-state index is 10.9. The topological polar surface area (TPSA) is 93.2 Å². The van der Waals surface area contributed by atoms with Crippen LogP contribution in [0.1, 0.15) is 18.3 Å². The summed E-state index contributed by atoms with van der Waals surface area (Å²) in [6, 6.07) is 0. The molecule has 7 heteroatoms. The number of hydrogen-bond donors (Lipinski definition) is 2. The lowest BCUT2D eigenvalue weighted by atomic mass is 10.3. The SMILES string of the molecule is C=C(C)CNCC(O)Cn1nc(C)c([N+](=O)[O-])c1C. The van der Waals surface area contributed by atoms with Crippen molar-refractivity contribution in [2.45, 2.75) is 33.4 Å². The average molecular weight is 268 g/mol. The molecule has 1 aromatic rings. The summed E-state index contributed by atoms with van der Waals surface area (Å²) in [7, 11) is 0. The molecular formula is C12H20N4O3. The number of aryl methyl sites for hydroxylation is 1. The quantitative estimate of drug-likeness (QED) is 0.436. The van der Waals surface area contributed by atoms with Gasteiger partial charge in [0.05, 0.1) is 17.6 Å². The van der Waals surface area contributed by atoms with Crippen LogP contribution in [0.15, 0.2) is 12.2 Å². The first-order valence-corrected chi connectivity index (χ1v) is 6.04. The summed E-state index contributed by atoms with van der Waals surface area (Å²) < 4.78 is 1.47. The first-order chi connectivity index (χ1) is 8.82. The zero-order valence-corrected chi connectivity index (χ0v) is 11.5. The second kappa shape index (κ2) is 6.44. The Kier molecular flexibility index (Phi) is 5.20. The standard InChI is InChI=1S/C12H20N4O3/c1-8(2)5-13-6-11(17)7-15-10(4)12(16(18)19)9(3)14-15/h11,13,17H,1,5-7H2,2-4H3. The average Bonchev–Trinajstić information content (AvgIpc) is 2.53. The van der Waals surface area contributed by atoms with Crippen molar-refractivity contribution in [3.63, 3.8) is 0 Å². The number of aliphatic hydroxyl groups is 1. The van der Waals surface area contributed by atoms with Gasteiger partial charge >= 0.3 is 5.69 Å². The highest BCUT2D eigenvalue weighted by atomic mass is 16.6. The summed E-state index contributed by atoms with van der Waals surface area (Å²) in [4.78, 5) is 10.4. The lowest BCUT2D eigenvalue weighted by Gasteiger charge is -2.12. The molecule has 0 saturated heterocycles. The van der Waals surface area contributed by atoms with Gasteiger partial charge in [-0.25, -0.2) is 0 Å². The fourth-order valence-electron chi connectivity index (χ4n) is 1.85. The molecule has 2 N–H and O–H groups in total. The summed E-state index contributed by atoms with van der Waals surface area (Å²) in [5, 5.41) is 27.8. The van der Waals surface area contributed by atoms with E-state index in [1.165, 1.54) is 4.68 Å². The van der Waals surface area contributed by atoms with Gasteiger partial charge < -0.3 is 10.4 Å². The molecule has 0 aromatic carbocycles. The molecule has 1 rings (SSSR count). The van der Waals surface area contributed by atoms with Crippen LogP contribution < -0.4 is 5.32 Å². The van der Waals surface area contributed by atoms with E-state index in [1.807, 2.05) is 6.92 Å². The third-order valence-corrected chi connectivity index (χ3v) is 2.72. The summed E-state index contributed by atoms with van der Waals surface area (Å²) in [5.41, 5.74) is 1.82. The minimum Gasteiger partial charge on any atom is -0.390 e. The normalized spacial score (nSPS) is 12.4. The molecule has 106 valence electrons. The van der Waals surface area contributed by atoms with Crippen molar-refractivity contribution in [1.29, 1.82) is 0 Å². The van der Waals surface area contributed by atoms with Crippen LogP contribution in [0.2, 0.25) is 0 Å². The van der Waals surface area contributed by atoms with Crippen LogP contribution in [0.25, 0.3) is 0 Å². The van der Waals surface area contributed by atoms with Crippen LogP contribution in [0.3, 0.4) is 0 Å². The Balaban J connectivity index is 2.64. The first-order valence-electron chi connectivity index (χ1n) is 6.04. The summed E-state index contributed by atoms with van der Waals surface area (Å²) in [5.74, 6) is 0. The van der Waals surface area contributed by atoms with Gasteiger partial charge in [-0.1, -0.05) is 12.2 Å². The molecule has 0 aliphatic heterocycles. The number of hydrogen-bond acceptors (Lipinski definition) is 5. The number of nitro groups is 1. The van der Waals surface area contributed by atoms with Crippen molar-refractivity contribution in [3.8, 4) is 0 Å². The molecule has 1 unspecified atom stereocenters. The largest absolute Gasteiger partial charge is 0.390 e. The van der Waals surface area contributed by atoms with Crippen LogP contribution in [0.4, 0.5) is 5.69 Å². The van der Waals surface area contributed by atoms with Crippen molar-refractivity contribution in [2.75, 3.05) is 13.1 Å². The molecular weight excluding hydrogens is 248 g/mol. The highest BCUT2D eigenvalue weighted by Gasteiger charge is 2.22. The fourth-order valence-corrected chi connectivity index (χ4v) is 1.85. The van der Waals surface area contributed by atoms with Crippen molar-refractivity contribution in [1.82, 2.24) is 15.1 Å². The number of nitrogens with zero attached hydrogens (tertiary/aromatic N) is 3. The van der Waals surface area contributed by atoms with Gasteiger partial charge in [0.15, 0.2) is 0 Å². The van der Waals surface area contributed by atoms with Gasteiger partial charge in [-0.05, 0) is 20.8 Å². The Bertz CT molecular complexity index is 482. The maximum absolute atomic E-state index is 10.9. The van der Waals surface area contributed by atoms with E-state index in [-0.39, 0.29) is 12.2 Å². The lowest BCUT2D eigenvalue weighted by Crippen LogP contribution is -2.31. The third-order valence-electron chi connectivity index (χ3n) is 2.72. The van der Waals surface area contributed by atoms with E-state index >= 15 is 0 Å². The Morgan fingerprint density at radius 3 is 2.74 bits per heavy atom. The van der Waals surface area contributed by atoms with Crippen molar-refractivity contribution in [3.05, 3.63) is 33.7 Å². The Hall–Kier alpha value is -1.73. The van der Waals surface area contributed by atoms with Crippen LogP contribution in [0, 0.1) is 24.0 Å². The fraction of sp³-hybridized carbons (Fsp3) is 0.583. The monoisotopic (exact) mass is 268 g/mol. The van der Waals surface area contributed by atoms with Gasteiger partial charge in [-0.3, -0.25) is 14.8 Å². The molecule has 1 atom stereocenters. The second-order valence-electron chi connectivity index (χ2n) is 4.70. The number of rotatable bonds is 7. The van der Waals surface area contributed by atoms with Crippen LogP contribution >= 0.6 is 0 Å². The molecule has 0 amide bonds. The van der Waals surface area contributed by atoms with E-state index in [1.54, 1.807) is 13.8 Å². The number of nitrogens with one attached hydrogen (secondary N) is 1. The Labute approximate surface area is 112 Å². The molecule has 0 saturated carbocycles. The third kappa shape index (κ3) is 4.15. The molecule has 0 spiro atoms. The van der Waals surface area contributed by atoms with Gasteiger partial charge in [-0.15, -0.1) is 0 Å². The van der Waals surface area contributed by atoms with Crippen LogP contribution in [0.5, 0.6) is 0 Å². The molecule has 1 heterocycles. The first kappa shape index (κ1) is 15.3. The highest BCUT2D eigenvalue weighted by Crippen LogP contribution is 2.21. The molecule has 0 aliphatic carbocycles. The Morgan fingerprint density at radius 1 is 1.63 bits per heavy atom. The van der Waals surface area contributed by atoms with Gasteiger partial charge in [0.25, 0.3) is 0 Å². The van der Waals surface area contributed by atoms with Crippen LogP contribution in [-0.4, -0.2) is 39.0 Å².